The van der Waals surface area contributed by atoms with Crippen LogP contribution in [0.25, 0.3) is 11.3 Å². The van der Waals surface area contributed by atoms with Gasteiger partial charge >= 0.3 is 0 Å². The molecule has 0 spiro atoms. The minimum Gasteiger partial charge on any atom is -0.490 e. The normalized spacial score (nSPS) is 11.0. The van der Waals surface area contributed by atoms with E-state index in [2.05, 4.69) is 15.5 Å². The van der Waals surface area contributed by atoms with E-state index in [9.17, 15) is 0 Å². The summed E-state index contributed by atoms with van der Waals surface area (Å²) < 4.78 is 11.2. The van der Waals surface area contributed by atoms with Gasteiger partial charge in [-0.1, -0.05) is 23.2 Å². The van der Waals surface area contributed by atoms with Crippen LogP contribution in [0.1, 0.15) is 19.4 Å². The Hall–Kier alpha value is -2.28. The van der Waals surface area contributed by atoms with Crippen molar-refractivity contribution >= 4 is 45.9 Å². The number of nitrogens with zero attached hydrogens (tertiary/aromatic N) is 2. The van der Waals surface area contributed by atoms with Gasteiger partial charge in [0.15, 0.2) is 11.5 Å². The fourth-order valence-corrected chi connectivity index (χ4v) is 3.62. The van der Waals surface area contributed by atoms with Gasteiger partial charge in [0.1, 0.15) is 0 Å². The first-order valence-corrected chi connectivity index (χ1v) is 10.3. The SMILES string of the molecule is CCOc1ccc(/C=N\Nc2nc(-c3ccc(Cl)cc3Cl)cs2)cc1OCC. The van der Waals surface area contributed by atoms with Gasteiger partial charge in [-0.15, -0.1) is 11.3 Å². The molecule has 1 aromatic heterocycles. The zero-order valence-electron chi connectivity index (χ0n) is 15.4. The molecule has 28 heavy (non-hydrogen) atoms. The van der Waals surface area contributed by atoms with Crippen LogP contribution >= 0.6 is 34.5 Å². The fourth-order valence-electron chi connectivity index (χ4n) is 2.46. The number of nitrogens with one attached hydrogen (secondary N) is 1. The molecular weight excluding hydrogens is 417 g/mol. The van der Waals surface area contributed by atoms with E-state index in [1.165, 1.54) is 11.3 Å². The lowest BCUT2D eigenvalue weighted by Crippen LogP contribution is -1.99. The molecule has 0 saturated heterocycles. The highest BCUT2D eigenvalue weighted by molar-refractivity contribution is 7.14. The van der Waals surface area contributed by atoms with Crippen molar-refractivity contribution in [1.82, 2.24) is 4.98 Å². The summed E-state index contributed by atoms with van der Waals surface area (Å²) in [6, 6.07) is 11.0. The molecular formula is C20H19Cl2N3O2S. The smallest absolute Gasteiger partial charge is 0.203 e. The van der Waals surface area contributed by atoms with E-state index in [0.717, 1.165) is 22.6 Å². The molecule has 2 aromatic carbocycles. The van der Waals surface area contributed by atoms with E-state index in [0.29, 0.717) is 34.1 Å². The molecule has 3 rings (SSSR count). The van der Waals surface area contributed by atoms with Gasteiger partial charge in [0, 0.05) is 16.0 Å². The van der Waals surface area contributed by atoms with E-state index in [1.807, 2.05) is 43.5 Å². The van der Waals surface area contributed by atoms with Crippen molar-refractivity contribution in [3.05, 3.63) is 57.4 Å². The van der Waals surface area contributed by atoms with Crippen molar-refractivity contribution in [2.24, 2.45) is 5.10 Å². The number of anilines is 1. The Morgan fingerprint density at radius 1 is 1.07 bits per heavy atom. The summed E-state index contributed by atoms with van der Waals surface area (Å²) in [7, 11) is 0. The van der Waals surface area contributed by atoms with E-state index >= 15 is 0 Å². The molecule has 8 heteroatoms. The monoisotopic (exact) mass is 435 g/mol. The Morgan fingerprint density at radius 2 is 1.86 bits per heavy atom. The highest BCUT2D eigenvalue weighted by Gasteiger charge is 2.09. The summed E-state index contributed by atoms with van der Waals surface area (Å²) >= 11 is 13.6. The lowest BCUT2D eigenvalue weighted by molar-refractivity contribution is 0.288. The Kier molecular flexibility index (Phi) is 7.14. The minimum absolute atomic E-state index is 0.561. The van der Waals surface area contributed by atoms with Gasteiger partial charge in [-0.05, 0) is 55.8 Å². The predicted molar refractivity (Wildman–Crippen MR) is 118 cm³/mol. The third-order valence-electron chi connectivity index (χ3n) is 3.65. The van der Waals surface area contributed by atoms with E-state index in [4.69, 9.17) is 32.7 Å². The quantitative estimate of drug-likeness (QED) is 0.330. The summed E-state index contributed by atoms with van der Waals surface area (Å²) in [4.78, 5) is 4.51. The topological polar surface area (TPSA) is 55.7 Å². The number of halogens is 2. The van der Waals surface area contributed by atoms with Gasteiger partial charge in [-0.2, -0.15) is 5.10 Å². The van der Waals surface area contributed by atoms with Crippen LogP contribution in [0.4, 0.5) is 5.13 Å². The van der Waals surface area contributed by atoms with Gasteiger partial charge in [-0.25, -0.2) is 4.98 Å². The minimum atomic E-state index is 0.561. The number of thiazole rings is 1. The molecule has 0 aliphatic rings. The highest BCUT2D eigenvalue weighted by Crippen LogP contribution is 2.32. The number of ether oxygens (including phenoxy) is 2. The lowest BCUT2D eigenvalue weighted by Gasteiger charge is -2.11. The largest absolute Gasteiger partial charge is 0.490 e. The number of hydrogen-bond donors (Lipinski definition) is 1. The summed E-state index contributed by atoms with van der Waals surface area (Å²) in [6.07, 6.45) is 1.70. The highest BCUT2D eigenvalue weighted by atomic mass is 35.5. The van der Waals surface area contributed by atoms with Crippen LogP contribution in [-0.4, -0.2) is 24.4 Å². The summed E-state index contributed by atoms with van der Waals surface area (Å²) in [5, 5.41) is 7.98. The van der Waals surface area contributed by atoms with Crippen molar-refractivity contribution < 1.29 is 9.47 Å². The second-order valence-electron chi connectivity index (χ2n) is 5.60. The van der Waals surface area contributed by atoms with Crippen LogP contribution in [-0.2, 0) is 0 Å². The third kappa shape index (κ3) is 5.16. The third-order valence-corrected chi connectivity index (χ3v) is 4.95. The average Bonchev–Trinajstić information content (AvgIpc) is 3.13. The maximum absolute atomic E-state index is 6.24. The summed E-state index contributed by atoms with van der Waals surface area (Å²) in [6.45, 7) is 5.02. The van der Waals surface area contributed by atoms with Gasteiger partial charge in [0.25, 0.3) is 0 Å². The first kappa shape index (κ1) is 20.5. The molecule has 0 radical (unpaired) electrons. The molecule has 0 saturated carbocycles. The van der Waals surface area contributed by atoms with Crippen LogP contribution in [0.5, 0.6) is 11.5 Å². The first-order chi connectivity index (χ1) is 13.6. The van der Waals surface area contributed by atoms with Crippen LogP contribution in [0.2, 0.25) is 10.0 Å². The Bertz CT molecular complexity index is 976. The standard InChI is InChI=1S/C20H19Cl2N3O2S/c1-3-26-18-8-5-13(9-19(18)27-4-2)11-23-25-20-24-17(12-28-20)15-7-6-14(21)10-16(15)22/h5-12H,3-4H2,1-2H3,(H,24,25)/b23-11-. The first-order valence-electron chi connectivity index (χ1n) is 8.70. The Balaban J connectivity index is 1.70. The van der Waals surface area contributed by atoms with Gasteiger partial charge < -0.3 is 9.47 Å². The van der Waals surface area contributed by atoms with E-state index in [1.54, 1.807) is 18.3 Å². The van der Waals surface area contributed by atoms with Crippen molar-refractivity contribution in [1.29, 1.82) is 0 Å². The Morgan fingerprint density at radius 3 is 2.61 bits per heavy atom. The fraction of sp³-hybridized carbons (Fsp3) is 0.200. The molecule has 0 aliphatic carbocycles. The van der Waals surface area contributed by atoms with Crippen molar-refractivity contribution in [2.45, 2.75) is 13.8 Å². The van der Waals surface area contributed by atoms with Gasteiger partial charge in [0.2, 0.25) is 5.13 Å². The summed E-state index contributed by atoms with van der Waals surface area (Å²) in [5.74, 6) is 1.42. The molecule has 3 aromatic rings. The zero-order valence-corrected chi connectivity index (χ0v) is 17.7. The average molecular weight is 436 g/mol. The molecule has 0 amide bonds. The molecule has 0 bridgehead atoms. The van der Waals surface area contributed by atoms with Gasteiger partial charge in [0.05, 0.1) is 30.1 Å². The number of rotatable bonds is 8. The maximum atomic E-state index is 6.24. The molecule has 146 valence electrons. The zero-order chi connectivity index (χ0) is 19.9. The van der Waals surface area contributed by atoms with E-state index in [-0.39, 0.29) is 0 Å². The second-order valence-corrected chi connectivity index (χ2v) is 7.31. The van der Waals surface area contributed by atoms with E-state index < -0.39 is 0 Å². The van der Waals surface area contributed by atoms with Crippen molar-refractivity contribution in [3.63, 3.8) is 0 Å². The summed E-state index contributed by atoms with van der Waals surface area (Å²) in [5.41, 5.74) is 5.42. The molecule has 5 nitrogen and oxygen atoms in total. The molecule has 0 fully saturated rings. The second kappa shape index (κ2) is 9.78. The van der Waals surface area contributed by atoms with Crippen LogP contribution < -0.4 is 14.9 Å². The molecule has 1 heterocycles. The maximum Gasteiger partial charge on any atom is 0.203 e. The number of hydrogen-bond acceptors (Lipinski definition) is 6. The number of aromatic nitrogens is 1. The van der Waals surface area contributed by atoms with Gasteiger partial charge in [-0.3, -0.25) is 5.43 Å². The molecule has 0 unspecified atom stereocenters. The molecule has 0 aliphatic heterocycles. The predicted octanol–water partition coefficient (Wildman–Crippen LogP) is 6.36. The number of hydrazone groups is 1. The van der Waals surface area contributed by atoms with Crippen LogP contribution in [0, 0.1) is 0 Å². The molecule has 0 atom stereocenters. The Labute approximate surface area is 177 Å². The lowest BCUT2D eigenvalue weighted by atomic mass is 10.2. The number of benzene rings is 2. The van der Waals surface area contributed by atoms with Crippen LogP contribution in [0.15, 0.2) is 46.9 Å². The van der Waals surface area contributed by atoms with Crippen molar-refractivity contribution in [2.75, 3.05) is 18.6 Å². The van der Waals surface area contributed by atoms with Crippen molar-refractivity contribution in [3.8, 4) is 22.8 Å². The molecule has 1 N–H and O–H groups in total. The van der Waals surface area contributed by atoms with Crippen LogP contribution in [0.3, 0.4) is 0 Å².